The predicted octanol–water partition coefficient (Wildman–Crippen LogP) is 1.41. The van der Waals surface area contributed by atoms with Crippen molar-refractivity contribution in [1.29, 1.82) is 0 Å². The van der Waals surface area contributed by atoms with E-state index in [0.29, 0.717) is 31.6 Å². The van der Waals surface area contributed by atoms with Crippen LogP contribution in [0.15, 0.2) is 4.42 Å². The molecule has 0 amide bonds. The molecule has 0 bridgehead atoms. The van der Waals surface area contributed by atoms with E-state index in [1.54, 1.807) is 0 Å². The second kappa shape index (κ2) is 7.33. The molecule has 0 saturated heterocycles. The summed E-state index contributed by atoms with van der Waals surface area (Å²) in [6.07, 6.45) is 3.74. The van der Waals surface area contributed by atoms with E-state index in [1.807, 2.05) is 0 Å². The van der Waals surface area contributed by atoms with Crippen molar-refractivity contribution >= 4 is 6.01 Å². The standard InChI is InChI=1S/C12H22N4O2/c1-2-5-13-8-11-15-16-12(18-11)14-6-7-17-9-10-3-4-10/h10,13H,2-9H2,1H3,(H,14,16). The van der Waals surface area contributed by atoms with Gasteiger partial charge in [-0.3, -0.25) is 0 Å². The lowest BCUT2D eigenvalue weighted by atomic mass is 10.5. The number of nitrogens with one attached hydrogen (secondary N) is 2. The van der Waals surface area contributed by atoms with Gasteiger partial charge in [-0.1, -0.05) is 12.0 Å². The van der Waals surface area contributed by atoms with Crippen LogP contribution in [0.1, 0.15) is 32.1 Å². The molecule has 0 unspecified atom stereocenters. The quantitative estimate of drug-likeness (QED) is 0.615. The largest absolute Gasteiger partial charge is 0.407 e. The smallest absolute Gasteiger partial charge is 0.315 e. The van der Waals surface area contributed by atoms with E-state index in [4.69, 9.17) is 9.15 Å². The van der Waals surface area contributed by atoms with Crippen LogP contribution in [0.2, 0.25) is 0 Å². The first kappa shape index (κ1) is 13.3. The maximum absolute atomic E-state index is 5.50. The molecule has 102 valence electrons. The van der Waals surface area contributed by atoms with E-state index in [1.165, 1.54) is 12.8 Å². The van der Waals surface area contributed by atoms with Gasteiger partial charge in [0.25, 0.3) is 0 Å². The topological polar surface area (TPSA) is 72.2 Å². The summed E-state index contributed by atoms with van der Waals surface area (Å²) in [6, 6.07) is 0.471. The zero-order chi connectivity index (χ0) is 12.6. The van der Waals surface area contributed by atoms with E-state index in [0.717, 1.165) is 25.5 Å². The minimum Gasteiger partial charge on any atom is -0.407 e. The molecule has 1 aromatic heterocycles. The Morgan fingerprint density at radius 2 is 2.22 bits per heavy atom. The van der Waals surface area contributed by atoms with Crippen LogP contribution in [0, 0.1) is 5.92 Å². The molecule has 2 N–H and O–H groups in total. The lowest BCUT2D eigenvalue weighted by Gasteiger charge is -2.02. The van der Waals surface area contributed by atoms with Gasteiger partial charge in [0, 0.05) is 13.2 Å². The molecule has 0 atom stereocenters. The van der Waals surface area contributed by atoms with Crippen LogP contribution in [0.25, 0.3) is 0 Å². The van der Waals surface area contributed by atoms with Crippen LogP contribution in [0.5, 0.6) is 0 Å². The Labute approximate surface area is 107 Å². The molecular formula is C12H22N4O2. The molecule has 18 heavy (non-hydrogen) atoms. The maximum Gasteiger partial charge on any atom is 0.315 e. The summed E-state index contributed by atoms with van der Waals surface area (Å²) < 4.78 is 10.9. The van der Waals surface area contributed by atoms with Gasteiger partial charge in [0.1, 0.15) is 0 Å². The Morgan fingerprint density at radius 1 is 1.33 bits per heavy atom. The van der Waals surface area contributed by atoms with Crippen molar-refractivity contribution in [2.45, 2.75) is 32.7 Å². The highest BCUT2D eigenvalue weighted by Crippen LogP contribution is 2.28. The summed E-state index contributed by atoms with van der Waals surface area (Å²) in [5.74, 6) is 1.43. The molecule has 1 aromatic rings. The van der Waals surface area contributed by atoms with Crippen molar-refractivity contribution in [3.05, 3.63) is 5.89 Å². The first-order valence-corrected chi connectivity index (χ1v) is 6.73. The normalized spacial score (nSPS) is 14.9. The SMILES string of the molecule is CCCNCc1nnc(NCCOCC2CC2)o1. The number of nitrogens with zero attached hydrogens (tertiary/aromatic N) is 2. The van der Waals surface area contributed by atoms with Crippen molar-refractivity contribution in [2.75, 3.05) is 31.6 Å². The summed E-state index contributed by atoms with van der Waals surface area (Å²) >= 11 is 0. The van der Waals surface area contributed by atoms with Crippen molar-refractivity contribution < 1.29 is 9.15 Å². The highest BCUT2D eigenvalue weighted by Gasteiger charge is 2.20. The first-order valence-electron chi connectivity index (χ1n) is 6.73. The Morgan fingerprint density at radius 3 is 3.00 bits per heavy atom. The average Bonchev–Trinajstić information content (AvgIpc) is 3.09. The molecule has 0 aromatic carbocycles. The van der Waals surface area contributed by atoms with Crippen LogP contribution in [-0.2, 0) is 11.3 Å². The van der Waals surface area contributed by atoms with Gasteiger partial charge in [-0.15, -0.1) is 5.10 Å². The van der Waals surface area contributed by atoms with Gasteiger partial charge >= 0.3 is 6.01 Å². The molecule has 0 aliphatic heterocycles. The van der Waals surface area contributed by atoms with Gasteiger partial charge in [-0.2, -0.15) is 0 Å². The molecule has 6 nitrogen and oxygen atoms in total. The number of rotatable bonds is 10. The van der Waals surface area contributed by atoms with Crippen LogP contribution in [-0.4, -0.2) is 36.5 Å². The minimum atomic E-state index is 0.471. The fraction of sp³-hybridized carbons (Fsp3) is 0.833. The number of ether oxygens (including phenoxy) is 1. The van der Waals surface area contributed by atoms with Crippen molar-refractivity contribution in [3.63, 3.8) is 0 Å². The fourth-order valence-corrected chi connectivity index (χ4v) is 1.53. The summed E-state index contributed by atoms with van der Waals surface area (Å²) in [5.41, 5.74) is 0. The first-order chi connectivity index (χ1) is 8.88. The number of hydrogen-bond acceptors (Lipinski definition) is 6. The van der Waals surface area contributed by atoms with Gasteiger partial charge in [0.2, 0.25) is 5.89 Å². The van der Waals surface area contributed by atoms with Crippen LogP contribution < -0.4 is 10.6 Å². The average molecular weight is 254 g/mol. The van der Waals surface area contributed by atoms with Crippen molar-refractivity contribution in [1.82, 2.24) is 15.5 Å². The monoisotopic (exact) mass is 254 g/mol. The third-order valence-electron chi connectivity index (χ3n) is 2.74. The lowest BCUT2D eigenvalue weighted by molar-refractivity contribution is 0.133. The summed E-state index contributed by atoms with van der Waals surface area (Å²) in [7, 11) is 0. The molecular weight excluding hydrogens is 232 g/mol. The third kappa shape index (κ3) is 5.01. The highest BCUT2D eigenvalue weighted by atomic mass is 16.5. The minimum absolute atomic E-state index is 0.471. The Bertz CT molecular complexity index is 339. The lowest BCUT2D eigenvalue weighted by Crippen LogP contribution is -2.13. The second-order valence-electron chi connectivity index (χ2n) is 4.62. The maximum atomic E-state index is 5.50. The Kier molecular flexibility index (Phi) is 5.41. The zero-order valence-electron chi connectivity index (χ0n) is 10.9. The number of aromatic nitrogens is 2. The van der Waals surface area contributed by atoms with E-state index < -0.39 is 0 Å². The molecule has 0 spiro atoms. The van der Waals surface area contributed by atoms with Gasteiger partial charge in [0.15, 0.2) is 0 Å². The highest BCUT2D eigenvalue weighted by molar-refractivity contribution is 5.16. The number of hydrogen-bond donors (Lipinski definition) is 2. The fourth-order valence-electron chi connectivity index (χ4n) is 1.53. The van der Waals surface area contributed by atoms with Gasteiger partial charge in [-0.05, 0) is 31.7 Å². The molecule has 0 radical (unpaired) electrons. The summed E-state index contributed by atoms with van der Waals surface area (Å²) in [6.45, 7) is 5.98. The van der Waals surface area contributed by atoms with Gasteiger partial charge in [-0.25, -0.2) is 0 Å². The predicted molar refractivity (Wildman–Crippen MR) is 68.3 cm³/mol. The molecule has 2 rings (SSSR count). The zero-order valence-corrected chi connectivity index (χ0v) is 10.9. The summed E-state index contributed by atoms with van der Waals surface area (Å²) in [5, 5.41) is 14.1. The molecule has 1 aliphatic rings. The molecule has 1 aliphatic carbocycles. The molecule has 1 fully saturated rings. The summed E-state index contributed by atoms with van der Waals surface area (Å²) in [4.78, 5) is 0. The van der Waals surface area contributed by atoms with E-state index in [2.05, 4.69) is 27.8 Å². The molecule has 1 saturated carbocycles. The number of anilines is 1. The van der Waals surface area contributed by atoms with E-state index in [-0.39, 0.29) is 0 Å². The van der Waals surface area contributed by atoms with Gasteiger partial charge < -0.3 is 19.8 Å². The third-order valence-corrected chi connectivity index (χ3v) is 2.74. The van der Waals surface area contributed by atoms with Crippen molar-refractivity contribution in [3.8, 4) is 0 Å². The Balaban J connectivity index is 1.54. The molecule has 6 heteroatoms. The van der Waals surface area contributed by atoms with E-state index >= 15 is 0 Å². The van der Waals surface area contributed by atoms with Crippen LogP contribution in [0.3, 0.4) is 0 Å². The van der Waals surface area contributed by atoms with Gasteiger partial charge in [0.05, 0.1) is 13.2 Å². The molecule has 1 heterocycles. The van der Waals surface area contributed by atoms with Crippen LogP contribution >= 0.6 is 0 Å². The van der Waals surface area contributed by atoms with Crippen LogP contribution in [0.4, 0.5) is 6.01 Å². The van der Waals surface area contributed by atoms with Crippen molar-refractivity contribution in [2.24, 2.45) is 5.92 Å². The second-order valence-corrected chi connectivity index (χ2v) is 4.62. The van der Waals surface area contributed by atoms with E-state index in [9.17, 15) is 0 Å². The Hall–Kier alpha value is -1.14.